The summed E-state index contributed by atoms with van der Waals surface area (Å²) >= 11 is 0. The minimum Gasteiger partial charge on any atom is -0.396 e. The van der Waals surface area contributed by atoms with Gasteiger partial charge in [0.15, 0.2) is 0 Å². The van der Waals surface area contributed by atoms with Crippen molar-refractivity contribution in [3.05, 3.63) is 0 Å². The summed E-state index contributed by atoms with van der Waals surface area (Å²) in [5, 5.41) is 15.8. The van der Waals surface area contributed by atoms with E-state index in [1.54, 1.807) is 0 Å². The smallest absolute Gasteiger partial charge is 0.379 e. The first-order chi connectivity index (χ1) is 16.7. The zero-order valence-electron chi connectivity index (χ0n) is 18.0. The summed E-state index contributed by atoms with van der Waals surface area (Å²) in [4.78, 5) is 0. The third-order valence-electron chi connectivity index (χ3n) is 3.35. The van der Waals surface area contributed by atoms with Gasteiger partial charge >= 0.3 is 48.4 Å². The Hall–Kier alpha value is -1.38. The van der Waals surface area contributed by atoms with Gasteiger partial charge in [-0.05, 0) is 6.42 Å². The minimum atomic E-state index is -6.63. The standard InChI is InChI=1S/2C5H4F8O3S.C3H8O2/c2*6-2(7)4(10,11)5(12,13)3(8,9)1-17(14,15)16;4-2-1-3-5/h2*2H,1H2,(H,14,15,16);4-5H,1-3H2. The Kier molecular flexibility index (Phi) is 15.1. The quantitative estimate of drug-likeness (QED) is 0.183. The molecule has 0 aliphatic carbocycles. The lowest BCUT2D eigenvalue weighted by Gasteiger charge is -2.31. The molecule has 0 aliphatic heterocycles. The predicted molar refractivity (Wildman–Crippen MR) is 93.3 cm³/mol. The van der Waals surface area contributed by atoms with E-state index in [9.17, 15) is 87.1 Å². The van der Waals surface area contributed by atoms with Crippen LogP contribution in [-0.2, 0) is 20.2 Å². The summed E-state index contributed by atoms with van der Waals surface area (Å²) in [5.74, 6) is -44.5. The van der Waals surface area contributed by atoms with Crippen LogP contribution in [0.25, 0.3) is 0 Å². The van der Waals surface area contributed by atoms with Crippen molar-refractivity contribution in [1.29, 1.82) is 0 Å². The van der Waals surface area contributed by atoms with Gasteiger partial charge in [0.25, 0.3) is 20.2 Å². The van der Waals surface area contributed by atoms with Crippen LogP contribution in [0.15, 0.2) is 0 Å². The molecule has 0 bridgehead atoms. The van der Waals surface area contributed by atoms with Crippen LogP contribution in [0.2, 0.25) is 0 Å². The number of aliphatic hydroxyl groups excluding tert-OH is 2. The molecule has 0 saturated heterocycles. The Bertz CT molecular complexity index is 877. The van der Waals surface area contributed by atoms with Crippen LogP contribution in [0.3, 0.4) is 0 Å². The maximum absolute atomic E-state index is 12.5. The molecule has 0 fully saturated rings. The van der Waals surface area contributed by atoms with Crippen LogP contribution >= 0.6 is 0 Å². The van der Waals surface area contributed by atoms with Crippen molar-refractivity contribution in [2.75, 3.05) is 24.7 Å². The molecule has 0 amide bonds. The first-order valence-corrected chi connectivity index (χ1v) is 11.9. The maximum Gasteiger partial charge on any atom is 0.379 e. The van der Waals surface area contributed by atoms with E-state index in [-0.39, 0.29) is 13.2 Å². The second kappa shape index (κ2) is 14.0. The second-order valence-corrected chi connectivity index (χ2v) is 9.56. The molecule has 0 unspecified atom stereocenters. The fraction of sp³-hybridized carbons (Fsp3) is 1.00. The lowest BCUT2D eigenvalue weighted by Crippen LogP contribution is -2.59. The highest BCUT2D eigenvalue weighted by Crippen LogP contribution is 2.50. The van der Waals surface area contributed by atoms with E-state index in [0.717, 1.165) is 0 Å². The summed E-state index contributed by atoms with van der Waals surface area (Å²) in [5.41, 5.74) is 0. The number of hydrogen-bond acceptors (Lipinski definition) is 6. The molecule has 0 radical (unpaired) electrons. The molecule has 0 saturated carbocycles. The van der Waals surface area contributed by atoms with Crippen molar-refractivity contribution in [3.8, 4) is 0 Å². The maximum atomic E-state index is 12.5. The Morgan fingerprint density at radius 1 is 0.513 bits per heavy atom. The fourth-order valence-electron chi connectivity index (χ4n) is 1.47. The van der Waals surface area contributed by atoms with Gasteiger partial charge in [-0.3, -0.25) is 9.11 Å². The van der Waals surface area contributed by atoms with Gasteiger partial charge in [0, 0.05) is 13.2 Å². The number of hydrogen-bond donors (Lipinski definition) is 4. The molecular formula is C13H16F16O8S2. The summed E-state index contributed by atoms with van der Waals surface area (Å²) in [6.45, 7) is 0.188. The van der Waals surface area contributed by atoms with E-state index in [2.05, 4.69) is 0 Å². The molecule has 26 heteroatoms. The topological polar surface area (TPSA) is 149 Å². The van der Waals surface area contributed by atoms with Crippen molar-refractivity contribution in [2.45, 2.75) is 54.8 Å². The van der Waals surface area contributed by atoms with Gasteiger partial charge in [-0.1, -0.05) is 0 Å². The fourth-order valence-corrected chi connectivity index (χ4v) is 2.75. The Morgan fingerprint density at radius 3 is 0.821 bits per heavy atom. The van der Waals surface area contributed by atoms with Gasteiger partial charge in [0.2, 0.25) is 0 Å². The number of rotatable bonds is 12. The first-order valence-electron chi connectivity index (χ1n) is 8.67. The molecule has 240 valence electrons. The van der Waals surface area contributed by atoms with Crippen molar-refractivity contribution in [3.63, 3.8) is 0 Å². The number of aliphatic hydroxyl groups is 2. The number of halogens is 16. The zero-order valence-corrected chi connectivity index (χ0v) is 19.6. The molecule has 39 heavy (non-hydrogen) atoms. The van der Waals surface area contributed by atoms with Crippen LogP contribution in [0.1, 0.15) is 6.42 Å². The summed E-state index contributed by atoms with van der Waals surface area (Å²) in [6.07, 6.45) is -9.77. The normalized spacial score (nSPS) is 14.5. The van der Waals surface area contributed by atoms with Crippen LogP contribution in [0, 0.1) is 0 Å². The highest BCUT2D eigenvalue weighted by molar-refractivity contribution is 7.86. The lowest BCUT2D eigenvalue weighted by atomic mass is 10.1. The molecule has 0 heterocycles. The average Bonchev–Trinajstić information content (AvgIpc) is 2.65. The van der Waals surface area contributed by atoms with E-state index in [0.29, 0.717) is 6.42 Å². The largest absolute Gasteiger partial charge is 0.396 e. The molecule has 0 rings (SSSR count). The van der Waals surface area contributed by atoms with Crippen LogP contribution in [-0.4, -0.2) is 109 Å². The Balaban J connectivity index is -0.000000566. The molecule has 0 spiro atoms. The summed E-state index contributed by atoms with van der Waals surface area (Å²) in [7, 11) is -11.5. The Labute approximate surface area is 207 Å². The molecule has 8 nitrogen and oxygen atoms in total. The van der Waals surface area contributed by atoms with Gasteiger partial charge in [-0.2, -0.15) is 69.5 Å². The first kappa shape index (κ1) is 42.1. The molecule has 0 aliphatic rings. The van der Waals surface area contributed by atoms with E-state index in [4.69, 9.17) is 19.3 Å². The van der Waals surface area contributed by atoms with Gasteiger partial charge in [-0.15, -0.1) is 0 Å². The van der Waals surface area contributed by atoms with E-state index < -0.39 is 80.1 Å². The summed E-state index contributed by atoms with van der Waals surface area (Å²) < 4.78 is 249. The highest BCUT2D eigenvalue weighted by Gasteiger charge is 2.77. The molecule has 4 N–H and O–H groups in total. The van der Waals surface area contributed by atoms with Crippen molar-refractivity contribution >= 4 is 20.2 Å². The third-order valence-corrected chi connectivity index (χ3v) is 4.80. The third kappa shape index (κ3) is 11.9. The van der Waals surface area contributed by atoms with Crippen molar-refractivity contribution < 1.29 is 106 Å². The molecule has 0 aromatic carbocycles. The van der Waals surface area contributed by atoms with E-state index in [1.165, 1.54) is 0 Å². The summed E-state index contributed by atoms with van der Waals surface area (Å²) in [6, 6.07) is 0. The monoisotopic (exact) mass is 668 g/mol. The molecule has 0 atom stereocenters. The van der Waals surface area contributed by atoms with Crippen molar-refractivity contribution in [2.24, 2.45) is 0 Å². The van der Waals surface area contributed by atoms with Crippen LogP contribution in [0.5, 0.6) is 0 Å². The molecule has 0 aromatic rings. The Morgan fingerprint density at radius 2 is 0.718 bits per heavy atom. The molecule has 0 aromatic heterocycles. The van der Waals surface area contributed by atoms with E-state index in [1.807, 2.05) is 0 Å². The average molecular weight is 668 g/mol. The van der Waals surface area contributed by atoms with Crippen LogP contribution in [0.4, 0.5) is 70.2 Å². The second-order valence-electron chi connectivity index (χ2n) is 6.66. The predicted octanol–water partition coefficient (Wildman–Crippen LogP) is 3.45. The van der Waals surface area contributed by atoms with Gasteiger partial charge in [0.05, 0.1) is 0 Å². The van der Waals surface area contributed by atoms with Gasteiger partial charge < -0.3 is 10.2 Å². The van der Waals surface area contributed by atoms with Crippen molar-refractivity contribution in [1.82, 2.24) is 0 Å². The number of alkyl halides is 16. The van der Waals surface area contributed by atoms with Crippen LogP contribution < -0.4 is 0 Å². The SMILES string of the molecule is O=S(=O)(O)CC(F)(F)C(F)(F)C(F)(F)C(F)F.O=S(=O)(O)CC(F)(F)C(F)(F)C(F)(F)C(F)F.OCCCO. The van der Waals surface area contributed by atoms with Gasteiger partial charge in [0.1, 0.15) is 11.5 Å². The highest BCUT2D eigenvalue weighted by atomic mass is 32.2. The van der Waals surface area contributed by atoms with Gasteiger partial charge in [-0.25, -0.2) is 17.6 Å². The zero-order chi connectivity index (χ0) is 32.7. The van der Waals surface area contributed by atoms with E-state index >= 15 is 0 Å². The molecular weight excluding hydrogens is 652 g/mol. The lowest BCUT2D eigenvalue weighted by molar-refractivity contribution is -0.332. The minimum absolute atomic E-state index is 0.0938.